The SMILES string of the molecule is CCOc1ccc(NC(=O)C[C@@H]2C(=O)N(c3ccccc3)C(=O)N2Cc2ccc(F)cc2)cc1. The molecule has 4 rings (SSSR count). The number of nitrogens with zero attached hydrogens (tertiary/aromatic N) is 2. The van der Waals surface area contributed by atoms with Gasteiger partial charge in [-0.2, -0.15) is 0 Å². The van der Waals surface area contributed by atoms with Crippen molar-refractivity contribution in [1.82, 2.24) is 4.90 Å². The predicted molar refractivity (Wildman–Crippen MR) is 126 cm³/mol. The van der Waals surface area contributed by atoms with Crippen molar-refractivity contribution in [2.75, 3.05) is 16.8 Å². The van der Waals surface area contributed by atoms with Gasteiger partial charge in [-0.25, -0.2) is 14.1 Å². The Kier molecular flexibility index (Phi) is 6.87. The van der Waals surface area contributed by atoms with E-state index in [4.69, 9.17) is 4.74 Å². The first-order chi connectivity index (χ1) is 16.5. The molecule has 174 valence electrons. The third-order valence-electron chi connectivity index (χ3n) is 5.43. The van der Waals surface area contributed by atoms with E-state index in [1.807, 2.05) is 6.92 Å². The van der Waals surface area contributed by atoms with Crippen molar-refractivity contribution in [1.29, 1.82) is 0 Å². The lowest BCUT2D eigenvalue weighted by Gasteiger charge is -2.21. The van der Waals surface area contributed by atoms with Crippen LogP contribution in [0.15, 0.2) is 78.9 Å². The second-order valence-electron chi connectivity index (χ2n) is 7.77. The van der Waals surface area contributed by atoms with Gasteiger partial charge in [0.2, 0.25) is 5.91 Å². The summed E-state index contributed by atoms with van der Waals surface area (Å²) in [6, 6.07) is 19.6. The summed E-state index contributed by atoms with van der Waals surface area (Å²) in [6.07, 6.45) is -0.220. The molecule has 7 nitrogen and oxygen atoms in total. The molecule has 1 aliphatic rings. The van der Waals surface area contributed by atoms with Gasteiger partial charge in [0.15, 0.2) is 0 Å². The van der Waals surface area contributed by atoms with Gasteiger partial charge >= 0.3 is 6.03 Å². The first kappa shape index (κ1) is 23.0. The monoisotopic (exact) mass is 461 g/mol. The fourth-order valence-electron chi connectivity index (χ4n) is 3.80. The third kappa shape index (κ3) is 5.06. The van der Waals surface area contributed by atoms with Crippen LogP contribution in [0.3, 0.4) is 0 Å². The number of rotatable bonds is 8. The Bertz CT molecular complexity index is 1170. The second-order valence-corrected chi connectivity index (χ2v) is 7.77. The Labute approximate surface area is 196 Å². The molecule has 3 aromatic rings. The molecule has 1 atom stereocenters. The molecule has 1 saturated heterocycles. The highest BCUT2D eigenvalue weighted by molar-refractivity contribution is 6.22. The van der Waals surface area contributed by atoms with Gasteiger partial charge < -0.3 is 15.0 Å². The minimum absolute atomic E-state index is 0.0647. The molecule has 0 radical (unpaired) electrons. The lowest BCUT2D eigenvalue weighted by Crippen LogP contribution is -2.37. The maximum atomic E-state index is 13.3. The maximum Gasteiger partial charge on any atom is 0.332 e. The van der Waals surface area contributed by atoms with E-state index in [1.54, 1.807) is 66.7 Å². The number of imide groups is 1. The van der Waals surface area contributed by atoms with E-state index < -0.39 is 29.7 Å². The van der Waals surface area contributed by atoms with Gasteiger partial charge in [0.1, 0.15) is 17.6 Å². The van der Waals surface area contributed by atoms with E-state index in [1.165, 1.54) is 17.0 Å². The standard InChI is InChI=1S/C26H24FN3O4/c1-2-34-22-14-12-20(13-15-22)28-24(31)16-23-25(32)30(21-6-4-3-5-7-21)26(33)29(23)17-18-8-10-19(27)11-9-18/h3-15,23H,2,16-17H2,1H3,(H,28,31)/t23-/m1/s1. The molecule has 0 aromatic heterocycles. The van der Waals surface area contributed by atoms with E-state index >= 15 is 0 Å². The maximum absolute atomic E-state index is 13.3. The fraction of sp³-hybridized carbons (Fsp3) is 0.192. The molecule has 1 aliphatic heterocycles. The van der Waals surface area contributed by atoms with E-state index in [-0.39, 0.29) is 13.0 Å². The summed E-state index contributed by atoms with van der Waals surface area (Å²) in [5, 5.41) is 2.77. The molecule has 0 unspecified atom stereocenters. The highest BCUT2D eigenvalue weighted by atomic mass is 19.1. The van der Waals surface area contributed by atoms with Gasteiger partial charge in [0.05, 0.1) is 18.7 Å². The summed E-state index contributed by atoms with van der Waals surface area (Å²) in [5.74, 6) is -0.611. The number of anilines is 2. The summed E-state index contributed by atoms with van der Waals surface area (Å²) >= 11 is 0. The number of hydrogen-bond donors (Lipinski definition) is 1. The minimum Gasteiger partial charge on any atom is -0.494 e. The molecular weight excluding hydrogens is 437 g/mol. The van der Waals surface area contributed by atoms with Crippen molar-refractivity contribution in [2.24, 2.45) is 0 Å². The lowest BCUT2D eigenvalue weighted by molar-refractivity contribution is -0.124. The van der Waals surface area contributed by atoms with Crippen molar-refractivity contribution in [3.05, 3.63) is 90.2 Å². The molecule has 34 heavy (non-hydrogen) atoms. The summed E-state index contributed by atoms with van der Waals surface area (Å²) in [5.41, 5.74) is 1.63. The third-order valence-corrected chi connectivity index (χ3v) is 5.43. The molecule has 8 heteroatoms. The highest BCUT2D eigenvalue weighted by Crippen LogP contribution is 2.28. The predicted octanol–water partition coefficient (Wildman–Crippen LogP) is 4.59. The van der Waals surface area contributed by atoms with Crippen molar-refractivity contribution in [3.8, 4) is 5.75 Å². The summed E-state index contributed by atoms with van der Waals surface area (Å²) in [6.45, 7) is 2.48. The minimum atomic E-state index is -1.000. The van der Waals surface area contributed by atoms with E-state index in [0.717, 1.165) is 4.90 Å². The molecule has 4 amide bonds. The van der Waals surface area contributed by atoms with Crippen LogP contribution in [0.25, 0.3) is 0 Å². The average molecular weight is 461 g/mol. The number of halogens is 1. The van der Waals surface area contributed by atoms with Crippen molar-refractivity contribution in [3.63, 3.8) is 0 Å². The molecule has 3 aromatic carbocycles. The number of urea groups is 1. The highest BCUT2D eigenvalue weighted by Gasteiger charge is 2.46. The topological polar surface area (TPSA) is 79.0 Å². The number of nitrogens with one attached hydrogen (secondary N) is 1. The zero-order chi connectivity index (χ0) is 24.1. The molecule has 0 spiro atoms. The van der Waals surface area contributed by atoms with Crippen molar-refractivity contribution >= 4 is 29.2 Å². The summed E-state index contributed by atoms with van der Waals surface area (Å²) < 4.78 is 18.7. The number of ether oxygens (including phenoxy) is 1. The average Bonchev–Trinajstić information content (AvgIpc) is 3.06. The van der Waals surface area contributed by atoms with E-state index in [2.05, 4.69) is 5.32 Å². The largest absolute Gasteiger partial charge is 0.494 e. The molecule has 1 N–H and O–H groups in total. The lowest BCUT2D eigenvalue weighted by atomic mass is 10.1. The second kappa shape index (κ2) is 10.2. The number of carbonyl (C=O) groups is 3. The molecule has 0 bridgehead atoms. The van der Waals surface area contributed by atoms with Crippen LogP contribution in [0.4, 0.5) is 20.6 Å². The van der Waals surface area contributed by atoms with Crippen LogP contribution in [-0.4, -0.2) is 35.4 Å². The normalized spacial score (nSPS) is 15.5. The molecule has 0 saturated carbocycles. The Balaban J connectivity index is 1.54. The Morgan fingerprint density at radius 1 is 0.971 bits per heavy atom. The first-order valence-corrected chi connectivity index (χ1v) is 10.9. The van der Waals surface area contributed by atoms with Crippen LogP contribution < -0.4 is 15.0 Å². The zero-order valence-electron chi connectivity index (χ0n) is 18.6. The first-order valence-electron chi connectivity index (χ1n) is 10.9. The quantitative estimate of drug-likeness (QED) is 0.498. The number of amides is 4. The van der Waals surface area contributed by atoms with E-state index in [9.17, 15) is 18.8 Å². The van der Waals surface area contributed by atoms with Crippen LogP contribution >= 0.6 is 0 Å². The number of hydrogen-bond acceptors (Lipinski definition) is 4. The Morgan fingerprint density at radius 3 is 2.29 bits per heavy atom. The number of carbonyl (C=O) groups excluding carboxylic acids is 3. The smallest absolute Gasteiger partial charge is 0.332 e. The number of para-hydroxylation sites is 1. The van der Waals surface area contributed by atoms with Gasteiger partial charge in [0.25, 0.3) is 5.91 Å². The zero-order valence-corrected chi connectivity index (χ0v) is 18.6. The van der Waals surface area contributed by atoms with Gasteiger partial charge in [-0.15, -0.1) is 0 Å². The van der Waals surface area contributed by atoms with E-state index in [0.29, 0.717) is 29.3 Å². The fourth-order valence-corrected chi connectivity index (χ4v) is 3.80. The van der Waals surface area contributed by atoms with Gasteiger partial charge in [-0.05, 0) is 61.0 Å². The van der Waals surface area contributed by atoms with Gasteiger partial charge in [0, 0.05) is 12.2 Å². The van der Waals surface area contributed by atoms with Gasteiger partial charge in [-0.1, -0.05) is 30.3 Å². The molecule has 0 aliphatic carbocycles. The molecular formula is C26H24FN3O4. The Morgan fingerprint density at radius 2 is 1.65 bits per heavy atom. The van der Waals surface area contributed by atoms with Gasteiger partial charge in [-0.3, -0.25) is 9.59 Å². The van der Waals surface area contributed by atoms with Crippen molar-refractivity contribution in [2.45, 2.75) is 25.9 Å². The van der Waals surface area contributed by atoms with Crippen LogP contribution in [0.1, 0.15) is 18.9 Å². The van der Waals surface area contributed by atoms with Crippen LogP contribution in [0.2, 0.25) is 0 Å². The van der Waals surface area contributed by atoms with Crippen LogP contribution in [0, 0.1) is 5.82 Å². The Hall–Kier alpha value is -4.20. The molecule has 1 fully saturated rings. The summed E-state index contributed by atoms with van der Waals surface area (Å²) in [7, 11) is 0. The van der Waals surface area contributed by atoms with Crippen LogP contribution in [-0.2, 0) is 16.1 Å². The molecule has 1 heterocycles. The summed E-state index contributed by atoms with van der Waals surface area (Å²) in [4.78, 5) is 41.8. The number of benzene rings is 3. The van der Waals surface area contributed by atoms with Crippen molar-refractivity contribution < 1.29 is 23.5 Å². The van der Waals surface area contributed by atoms with Crippen LogP contribution in [0.5, 0.6) is 5.75 Å².